The van der Waals surface area contributed by atoms with E-state index in [1.165, 1.54) is 0 Å². The van der Waals surface area contributed by atoms with Crippen LogP contribution in [0.15, 0.2) is 36.4 Å². The molecule has 0 spiro atoms. The van der Waals surface area contributed by atoms with Crippen LogP contribution < -0.4 is 5.32 Å². The summed E-state index contributed by atoms with van der Waals surface area (Å²) in [7, 11) is 0. The molecule has 3 rings (SSSR count). The van der Waals surface area contributed by atoms with Crippen LogP contribution in [-0.2, 0) is 9.53 Å². The molecule has 1 aromatic carbocycles. The number of amides is 1. The number of esters is 1. The van der Waals surface area contributed by atoms with Crippen LogP contribution in [0.1, 0.15) is 47.4 Å². The zero-order valence-corrected chi connectivity index (χ0v) is 14.7. The van der Waals surface area contributed by atoms with Crippen LogP contribution in [0.3, 0.4) is 0 Å². The van der Waals surface area contributed by atoms with Crippen molar-refractivity contribution in [2.75, 3.05) is 6.61 Å². The maximum atomic E-state index is 12.1. The molecular weight excluding hydrogens is 316 g/mol. The molecule has 2 aromatic rings. The highest BCUT2D eigenvalue weighted by atomic mass is 16.5. The Morgan fingerprint density at radius 1 is 1.04 bits per heavy atom. The van der Waals surface area contributed by atoms with Crippen LogP contribution in [0.4, 0.5) is 0 Å². The minimum atomic E-state index is -0.478. The Hall–Kier alpha value is -2.56. The third-order valence-electron chi connectivity index (χ3n) is 4.69. The van der Waals surface area contributed by atoms with Crippen molar-refractivity contribution in [1.82, 2.24) is 9.88 Å². The molecule has 5 heteroatoms. The summed E-state index contributed by atoms with van der Waals surface area (Å²) in [6.45, 7) is 3.85. The maximum absolute atomic E-state index is 12.1. The highest BCUT2D eigenvalue weighted by Gasteiger charge is 2.18. The molecule has 0 saturated heterocycles. The summed E-state index contributed by atoms with van der Waals surface area (Å²) in [6.07, 6.45) is 4.33. The van der Waals surface area contributed by atoms with E-state index in [9.17, 15) is 9.59 Å². The number of rotatable bonds is 5. The third-order valence-corrected chi connectivity index (χ3v) is 4.69. The van der Waals surface area contributed by atoms with Gasteiger partial charge in [-0.25, -0.2) is 4.79 Å². The molecule has 0 radical (unpaired) electrons. The molecule has 1 aliphatic rings. The van der Waals surface area contributed by atoms with Gasteiger partial charge in [0.25, 0.3) is 5.91 Å². The molecule has 1 aliphatic carbocycles. The lowest BCUT2D eigenvalue weighted by molar-refractivity contribution is -0.124. The Labute approximate surface area is 148 Å². The molecule has 1 saturated carbocycles. The third kappa shape index (κ3) is 4.10. The average Bonchev–Trinajstić information content (AvgIpc) is 3.23. The van der Waals surface area contributed by atoms with Gasteiger partial charge < -0.3 is 14.6 Å². The van der Waals surface area contributed by atoms with Crippen LogP contribution in [-0.4, -0.2) is 29.1 Å². The van der Waals surface area contributed by atoms with Crippen molar-refractivity contribution in [2.24, 2.45) is 0 Å². The highest BCUT2D eigenvalue weighted by molar-refractivity contribution is 5.91. The maximum Gasteiger partial charge on any atom is 0.338 e. The molecule has 1 heterocycles. The van der Waals surface area contributed by atoms with Gasteiger partial charge in [-0.05, 0) is 63.1 Å². The second kappa shape index (κ2) is 7.55. The van der Waals surface area contributed by atoms with Crippen LogP contribution in [0.5, 0.6) is 0 Å². The Bertz CT molecular complexity index is 736. The van der Waals surface area contributed by atoms with E-state index in [0.29, 0.717) is 5.56 Å². The molecule has 132 valence electrons. The molecule has 1 amide bonds. The number of benzene rings is 1. The van der Waals surface area contributed by atoms with Crippen molar-refractivity contribution < 1.29 is 14.3 Å². The predicted octanol–water partition coefficient (Wildman–Crippen LogP) is 3.31. The molecule has 0 unspecified atom stereocenters. The van der Waals surface area contributed by atoms with E-state index in [-0.39, 0.29) is 18.6 Å². The topological polar surface area (TPSA) is 60.3 Å². The van der Waals surface area contributed by atoms with Crippen LogP contribution >= 0.6 is 0 Å². The van der Waals surface area contributed by atoms with E-state index < -0.39 is 5.97 Å². The van der Waals surface area contributed by atoms with Crippen molar-refractivity contribution in [3.05, 3.63) is 53.3 Å². The Morgan fingerprint density at radius 2 is 1.64 bits per heavy atom. The fourth-order valence-electron chi connectivity index (χ4n) is 3.38. The number of nitrogens with zero attached hydrogens (tertiary/aromatic N) is 1. The monoisotopic (exact) mass is 340 g/mol. The first-order valence-corrected chi connectivity index (χ1v) is 8.76. The van der Waals surface area contributed by atoms with E-state index >= 15 is 0 Å². The second-order valence-corrected chi connectivity index (χ2v) is 6.62. The molecule has 5 nitrogen and oxygen atoms in total. The first-order valence-electron chi connectivity index (χ1n) is 8.76. The lowest BCUT2D eigenvalue weighted by Gasteiger charge is -2.12. The lowest BCUT2D eigenvalue weighted by Crippen LogP contribution is -2.35. The SMILES string of the molecule is Cc1ccc(C)n1-c1ccc(C(=O)OCC(=O)NC2CCCC2)cc1. The molecule has 1 N–H and O–H groups in total. The van der Waals surface area contributed by atoms with Gasteiger partial charge in [-0.1, -0.05) is 12.8 Å². The summed E-state index contributed by atoms with van der Waals surface area (Å²) in [5, 5.41) is 2.91. The minimum Gasteiger partial charge on any atom is -0.452 e. The van der Waals surface area contributed by atoms with Gasteiger partial charge in [-0.15, -0.1) is 0 Å². The first-order chi connectivity index (χ1) is 12.0. The average molecular weight is 340 g/mol. The number of carbonyl (C=O) groups is 2. The smallest absolute Gasteiger partial charge is 0.338 e. The highest BCUT2D eigenvalue weighted by Crippen LogP contribution is 2.18. The summed E-state index contributed by atoms with van der Waals surface area (Å²) in [4.78, 5) is 23.9. The lowest BCUT2D eigenvalue weighted by atomic mass is 10.2. The van der Waals surface area contributed by atoms with Gasteiger partial charge in [0, 0.05) is 23.1 Å². The van der Waals surface area contributed by atoms with Crippen molar-refractivity contribution in [1.29, 1.82) is 0 Å². The number of hydrogen-bond donors (Lipinski definition) is 1. The predicted molar refractivity (Wildman–Crippen MR) is 95.9 cm³/mol. The minimum absolute atomic E-state index is 0.226. The summed E-state index contributed by atoms with van der Waals surface area (Å²) in [5.74, 6) is -0.704. The van der Waals surface area contributed by atoms with Gasteiger partial charge in [0.05, 0.1) is 5.56 Å². The van der Waals surface area contributed by atoms with Crippen LogP contribution in [0.2, 0.25) is 0 Å². The van der Waals surface area contributed by atoms with E-state index in [0.717, 1.165) is 42.8 Å². The zero-order valence-electron chi connectivity index (χ0n) is 14.7. The van der Waals surface area contributed by atoms with Crippen molar-refractivity contribution >= 4 is 11.9 Å². The van der Waals surface area contributed by atoms with E-state index in [2.05, 4.69) is 22.0 Å². The fraction of sp³-hybridized carbons (Fsp3) is 0.400. The quantitative estimate of drug-likeness (QED) is 0.850. The van der Waals surface area contributed by atoms with Crippen LogP contribution in [0.25, 0.3) is 5.69 Å². The molecule has 0 aliphatic heterocycles. The van der Waals surface area contributed by atoms with Gasteiger partial charge >= 0.3 is 5.97 Å². The summed E-state index contributed by atoms with van der Waals surface area (Å²) < 4.78 is 7.24. The van der Waals surface area contributed by atoms with Crippen molar-refractivity contribution in [3.8, 4) is 5.69 Å². The van der Waals surface area contributed by atoms with Gasteiger partial charge in [0.2, 0.25) is 0 Å². The Kier molecular flexibility index (Phi) is 5.22. The number of aromatic nitrogens is 1. The van der Waals surface area contributed by atoms with Crippen molar-refractivity contribution in [2.45, 2.75) is 45.6 Å². The van der Waals surface area contributed by atoms with Crippen LogP contribution in [0, 0.1) is 13.8 Å². The van der Waals surface area contributed by atoms with Crippen molar-refractivity contribution in [3.63, 3.8) is 0 Å². The zero-order chi connectivity index (χ0) is 17.8. The fourth-order valence-corrected chi connectivity index (χ4v) is 3.38. The summed E-state index contributed by atoms with van der Waals surface area (Å²) >= 11 is 0. The Balaban J connectivity index is 1.56. The van der Waals surface area contributed by atoms with Gasteiger partial charge in [0.1, 0.15) is 0 Å². The molecule has 0 atom stereocenters. The van der Waals surface area contributed by atoms with Gasteiger partial charge in [-0.2, -0.15) is 0 Å². The van der Waals surface area contributed by atoms with E-state index in [4.69, 9.17) is 4.74 Å². The number of ether oxygens (including phenoxy) is 1. The normalized spacial score (nSPS) is 14.5. The number of aryl methyl sites for hydroxylation is 2. The first kappa shape index (κ1) is 17.3. The number of carbonyl (C=O) groups excluding carboxylic acids is 2. The second-order valence-electron chi connectivity index (χ2n) is 6.62. The molecule has 0 bridgehead atoms. The molecule has 1 aromatic heterocycles. The van der Waals surface area contributed by atoms with Gasteiger partial charge in [-0.3, -0.25) is 4.79 Å². The van der Waals surface area contributed by atoms with Gasteiger partial charge in [0.15, 0.2) is 6.61 Å². The molecule has 1 fully saturated rings. The van der Waals surface area contributed by atoms with E-state index in [1.807, 2.05) is 26.0 Å². The molecule has 25 heavy (non-hydrogen) atoms. The Morgan fingerprint density at radius 3 is 2.24 bits per heavy atom. The largest absolute Gasteiger partial charge is 0.452 e. The standard InChI is InChI=1S/C20H24N2O3/c1-14-7-8-15(2)22(14)18-11-9-16(10-12-18)20(24)25-13-19(23)21-17-5-3-4-6-17/h7-12,17H,3-6,13H2,1-2H3,(H,21,23). The van der Waals surface area contributed by atoms with E-state index in [1.54, 1.807) is 12.1 Å². The summed E-state index contributed by atoms with van der Waals surface area (Å²) in [5.41, 5.74) is 3.71. The summed E-state index contributed by atoms with van der Waals surface area (Å²) in [6, 6.07) is 11.6. The number of nitrogens with one attached hydrogen (secondary N) is 1. The number of hydrogen-bond acceptors (Lipinski definition) is 3. The molecular formula is C20H24N2O3.